The summed E-state index contributed by atoms with van der Waals surface area (Å²) in [6.45, 7) is 1.82. The molecule has 1 saturated heterocycles. The predicted molar refractivity (Wildman–Crippen MR) is 138 cm³/mol. The summed E-state index contributed by atoms with van der Waals surface area (Å²) >= 11 is 1.64. The summed E-state index contributed by atoms with van der Waals surface area (Å²) in [5, 5.41) is 12.6. The van der Waals surface area contributed by atoms with Gasteiger partial charge in [0.15, 0.2) is 0 Å². The fourth-order valence-electron chi connectivity index (χ4n) is 5.05. The highest BCUT2D eigenvalue weighted by atomic mass is 32.1. The van der Waals surface area contributed by atoms with Crippen molar-refractivity contribution in [1.29, 1.82) is 0 Å². The lowest BCUT2D eigenvalue weighted by molar-refractivity contribution is -0.140. The maximum absolute atomic E-state index is 13.8. The molecule has 2 aromatic heterocycles. The third-order valence-electron chi connectivity index (χ3n) is 7.03. The molecule has 0 unspecified atom stereocenters. The Labute approximate surface area is 209 Å². The van der Waals surface area contributed by atoms with Gasteiger partial charge >= 0.3 is 5.97 Å². The average Bonchev–Trinajstić information content (AvgIpc) is 3.38. The Kier molecular flexibility index (Phi) is 8.37. The van der Waals surface area contributed by atoms with Crippen LogP contribution in [0.4, 0.5) is 4.39 Å². The quantitative estimate of drug-likeness (QED) is 0.386. The number of carbonyl (C=O) groups is 1. The number of alkyl halides is 1. The average molecular weight is 495 g/mol. The number of hydrogen-bond acceptors (Lipinski definition) is 5. The Bertz CT molecular complexity index is 1200. The summed E-state index contributed by atoms with van der Waals surface area (Å²) in [6, 6.07) is 9.68. The molecule has 1 aromatic carbocycles. The lowest BCUT2D eigenvalue weighted by atomic mass is 9.72. The van der Waals surface area contributed by atoms with E-state index in [0.717, 1.165) is 60.1 Å². The van der Waals surface area contributed by atoms with Crippen molar-refractivity contribution in [3.8, 4) is 17.6 Å². The second-order valence-electron chi connectivity index (χ2n) is 9.26. The number of ether oxygens (including phenoxy) is 1. The molecule has 0 radical (unpaired) electrons. The zero-order valence-electron chi connectivity index (χ0n) is 20.1. The molecule has 0 amide bonds. The van der Waals surface area contributed by atoms with Crippen molar-refractivity contribution in [2.45, 2.75) is 45.2 Å². The molecule has 35 heavy (non-hydrogen) atoms. The van der Waals surface area contributed by atoms with Crippen molar-refractivity contribution < 1.29 is 19.0 Å². The molecule has 5 nitrogen and oxygen atoms in total. The van der Waals surface area contributed by atoms with Gasteiger partial charge < -0.3 is 9.84 Å². The van der Waals surface area contributed by atoms with Gasteiger partial charge in [0.2, 0.25) is 0 Å². The highest BCUT2D eigenvalue weighted by molar-refractivity contribution is 7.10. The summed E-state index contributed by atoms with van der Waals surface area (Å²) in [5.74, 6) is 6.41. The molecular formula is C28H31FN2O3S. The molecule has 7 heteroatoms. The van der Waals surface area contributed by atoms with Crippen LogP contribution in [0, 0.1) is 17.3 Å². The molecule has 184 valence electrons. The number of likely N-dealkylation sites (tertiary alicyclic amines) is 1. The number of carboxylic acid groups (broad SMARTS) is 1. The van der Waals surface area contributed by atoms with E-state index in [0.29, 0.717) is 24.3 Å². The Morgan fingerprint density at radius 3 is 2.83 bits per heavy atom. The zero-order chi connectivity index (χ0) is 24.7. The number of aromatic nitrogens is 1. The molecule has 4 rings (SSSR count). The molecule has 0 spiro atoms. The predicted octanol–water partition coefficient (Wildman–Crippen LogP) is 5.71. The number of halogens is 1. The van der Waals surface area contributed by atoms with Gasteiger partial charge in [-0.05, 0) is 85.8 Å². The summed E-state index contributed by atoms with van der Waals surface area (Å²) in [5.41, 5.74) is 2.12. The molecule has 1 N–H and O–H groups in total. The van der Waals surface area contributed by atoms with Crippen LogP contribution < -0.4 is 4.74 Å². The number of hydrogen-bond donors (Lipinski definition) is 1. The third-order valence-corrected chi connectivity index (χ3v) is 7.82. The topological polar surface area (TPSA) is 62.7 Å². The molecule has 0 aliphatic carbocycles. The number of nitrogens with zero attached hydrogens (tertiary/aromatic N) is 2. The number of aliphatic carboxylic acids is 1. The standard InChI is InChI=1S/C28H31FN2O3S/c1-34-22-8-9-26-25(17-22)24(21(19-29)20-30-26)7-2-10-28(18-27(32)33)11-14-31(15-12-28)13-3-5-23-6-4-16-35-23/h4,6,8-9,16-17,20H,2,7,10-15,18-19H2,1H3,(H,32,33). The molecule has 1 fully saturated rings. The molecular weight excluding hydrogens is 463 g/mol. The summed E-state index contributed by atoms with van der Waals surface area (Å²) < 4.78 is 19.2. The van der Waals surface area contributed by atoms with Gasteiger partial charge in [0.1, 0.15) is 12.4 Å². The number of benzene rings is 1. The fraction of sp³-hybridized carbons (Fsp3) is 0.429. The number of rotatable bonds is 9. The Morgan fingerprint density at radius 2 is 2.14 bits per heavy atom. The van der Waals surface area contributed by atoms with Gasteiger partial charge in [0.25, 0.3) is 0 Å². The summed E-state index contributed by atoms with van der Waals surface area (Å²) in [6.07, 6.45) is 5.74. The van der Waals surface area contributed by atoms with E-state index in [-0.39, 0.29) is 11.8 Å². The molecule has 1 aliphatic heterocycles. The zero-order valence-corrected chi connectivity index (χ0v) is 20.9. The number of pyridine rings is 1. The summed E-state index contributed by atoms with van der Waals surface area (Å²) in [7, 11) is 1.61. The van der Waals surface area contributed by atoms with Gasteiger partial charge in [-0.25, -0.2) is 4.39 Å². The number of thiophene rings is 1. The SMILES string of the molecule is COc1ccc2ncc(CF)c(CCCC3(CC(=O)O)CCN(CC#Cc4cccs4)CC3)c2c1. The first-order chi connectivity index (χ1) is 17.0. The number of piperidine rings is 1. The van der Waals surface area contributed by atoms with Crippen LogP contribution in [0.1, 0.15) is 48.1 Å². The van der Waals surface area contributed by atoms with Gasteiger partial charge in [0.05, 0.1) is 30.5 Å². The van der Waals surface area contributed by atoms with E-state index in [1.165, 1.54) is 0 Å². The van der Waals surface area contributed by atoms with Crippen molar-refractivity contribution in [1.82, 2.24) is 9.88 Å². The lowest BCUT2D eigenvalue weighted by Crippen LogP contribution is -2.41. The van der Waals surface area contributed by atoms with Crippen LogP contribution >= 0.6 is 11.3 Å². The van der Waals surface area contributed by atoms with Crippen LogP contribution in [-0.4, -0.2) is 47.7 Å². The Balaban J connectivity index is 1.42. The fourth-order valence-corrected chi connectivity index (χ4v) is 5.65. The Morgan fingerprint density at radius 1 is 1.31 bits per heavy atom. The number of aryl methyl sites for hydroxylation is 1. The van der Waals surface area contributed by atoms with E-state index in [1.807, 2.05) is 35.7 Å². The van der Waals surface area contributed by atoms with Gasteiger partial charge in [-0.2, -0.15) is 0 Å². The van der Waals surface area contributed by atoms with Crippen LogP contribution in [0.3, 0.4) is 0 Å². The summed E-state index contributed by atoms with van der Waals surface area (Å²) in [4.78, 5) is 19.5. The van der Waals surface area contributed by atoms with Crippen LogP contribution in [0.5, 0.6) is 5.75 Å². The van der Waals surface area contributed by atoms with Crippen molar-refractivity contribution in [2.24, 2.45) is 5.41 Å². The minimum Gasteiger partial charge on any atom is -0.497 e. The monoisotopic (exact) mass is 494 g/mol. The highest BCUT2D eigenvalue weighted by Gasteiger charge is 2.36. The van der Waals surface area contributed by atoms with Crippen LogP contribution in [0.25, 0.3) is 10.9 Å². The maximum atomic E-state index is 13.8. The molecule has 3 aromatic rings. The minimum atomic E-state index is -0.750. The van der Waals surface area contributed by atoms with Crippen molar-refractivity contribution in [3.05, 3.63) is 57.9 Å². The number of fused-ring (bicyclic) bond motifs is 1. The van der Waals surface area contributed by atoms with Gasteiger partial charge in [-0.15, -0.1) is 11.3 Å². The molecule has 0 atom stereocenters. The second-order valence-corrected chi connectivity index (χ2v) is 10.2. The molecule has 3 heterocycles. The van der Waals surface area contributed by atoms with Gasteiger partial charge in [0, 0.05) is 17.1 Å². The minimum absolute atomic E-state index is 0.169. The highest BCUT2D eigenvalue weighted by Crippen LogP contribution is 2.40. The van der Waals surface area contributed by atoms with E-state index >= 15 is 0 Å². The van der Waals surface area contributed by atoms with E-state index in [2.05, 4.69) is 21.7 Å². The first-order valence-corrected chi connectivity index (χ1v) is 12.9. The van der Waals surface area contributed by atoms with Crippen molar-refractivity contribution in [3.63, 3.8) is 0 Å². The second kappa shape index (κ2) is 11.7. The van der Waals surface area contributed by atoms with Gasteiger partial charge in [-0.3, -0.25) is 14.7 Å². The third kappa shape index (κ3) is 6.39. The van der Waals surface area contributed by atoms with Crippen LogP contribution in [-0.2, 0) is 17.9 Å². The number of methoxy groups -OCH3 is 1. The van der Waals surface area contributed by atoms with Gasteiger partial charge in [-0.1, -0.05) is 17.9 Å². The molecule has 0 saturated carbocycles. The lowest BCUT2D eigenvalue weighted by Gasteiger charge is -2.41. The van der Waals surface area contributed by atoms with E-state index < -0.39 is 12.6 Å². The van der Waals surface area contributed by atoms with E-state index in [4.69, 9.17) is 4.74 Å². The largest absolute Gasteiger partial charge is 0.497 e. The van der Waals surface area contributed by atoms with Crippen LogP contribution in [0.15, 0.2) is 41.9 Å². The van der Waals surface area contributed by atoms with Crippen LogP contribution in [0.2, 0.25) is 0 Å². The number of carboxylic acids is 1. The normalized spacial score (nSPS) is 15.5. The first kappa shape index (κ1) is 25.2. The Hall–Kier alpha value is -2.95. The molecule has 1 aliphatic rings. The van der Waals surface area contributed by atoms with E-state index in [1.54, 1.807) is 24.6 Å². The van der Waals surface area contributed by atoms with Crippen molar-refractivity contribution in [2.75, 3.05) is 26.7 Å². The molecule has 0 bridgehead atoms. The smallest absolute Gasteiger partial charge is 0.303 e. The van der Waals surface area contributed by atoms with E-state index in [9.17, 15) is 14.3 Å². The first-order valence-electron chi connectivity index (χ1n) is 12.0. The van der Waals surface area contributed by atoms with Crippen molar-refractivity contribution >= 4 is 28.2 Å². The maximum Gasteiger partial charge on any atom is 0.303 e.